The normalized spacial score (nSPS) is 22.4. The van der Waals surface area contributed by atoms with Crippen LogP contribution in [0.2, 0.25) is 0 Å². The Kier molecular flexibility index (Phi) is 6.30. The molecule has 0 bridgehead atoms. The number of nitrogens with one attached hydrogen (secondary N) is 1. The molecule has 2 fully saturated rings. The van der Waals surface area contributed by atoms with Gasteiger partial charge in [0.05, 0.1) is 0 Å². The number of rotatable bonds is 5. The molecule has 0 radical (unpaired) electrons. The Morgan fingerprint density at radius 2 is 1.75 bits per heavy atom. The average molecular weight is 281 g/mol. The van der Waals surface area contributed by atoms with Gasteiger partial charge in [-0.3, -0.25) is 4.79 Å². The lowest BCUT2D eigenvalue weighted by Gasteiger charge is -2.40. The maximum atomic E-state index is 12.1. The smallest absolute Gasteiger partial charge is 0.223 e. The fourth-order valence-electron chi connectivity index (χ4n) is 3.39. The molecule has 1 amide bonds. The van der Waals surface area contributed by atoms with Gasteiger partial charge in [0, 0.05) is 38.1 Å². The van der Waals surface area contributed by atoms with E-state index in [0.29, 0.717) is 18.4 Å². The number of amides is 1. The Morgan fingerprint density at radius 3 is 2.35 bits per heavy atom. The minimum Gasteiger partial charge on any atom is -0.343 e. The lowest BCUT2D eigenvalue weighted by molar-refractivity contribution is -0.132. The highest BCUT2D eigenvalue weighted by Gasteiger charge is 2.27. The molecule has 0 saturated carbocycles. The molecule has 0 unspecified atom stereocenters. The summed E-state index contributed by atoms with van der Waals surface area (Å²) in [4.78, 5) is 16.9. The van der Waals surface area contributed by atoms with Crippen molar-refractivity contribution in [2.24, 2.45) is 0 Å². The lowest BCUT2D eigenvalue weighted by Crippen LogP contribution is -2.48. The highest BCUT2D eigenvalue weighted by molar-refractivity contribution is 5.76. The van der Waals surface area contributed by atoms with E-state index in [2.05, 4.69) is 29.0 Å². The van der Waals surface area contributed by atoms with Gasteiger partial charge in [-0.2, -0.15) is 0 Å². The van der Waals surface area contributed by atoms with Crippen LogP contribution >= 0.6 is 0 Å². The second kappa shape index (κ2) is 7.99. The number of carbonyl (C=O) groups is 1. The first-order valence-electron chi connectivity index (χ1n) is 8.42. The number of likely N-dealkylation sites (tertiary alicyclic amines) is 2. The molecule has 20 heavy (non-hydrogen) atoms. The molecular weight excluding hydrogens is 250 g/mol. The summed E-state index contributed by atoms with van der Waals surface area (Å²) >= 11 is 0. The van der Waals surface area contributed by atoms with Crippen molar-refractivity contribution in [3.8, 4) is 0 Å². The number of piperidine rings is 2. The van der Waals surface area contributed by atoms with E-state index in [0.717, 1.165) is 25.7 Å². The van der Waals surface area contributed by atoms with Gasteiger partial charge < -0.3 is 15.1 Å². The van der Waals surface area contributed by atoms with Crippen LogP contribution in [-0.2, 0) is 4.79 Å². The molecule has 2 saturated heterocycles. The fourth-order valence-corrected chi connectivity index (χ4v) is 3.39. The second-order valence-corrected chi connectivity index (χ2v) is 6.57. The SMILES string of the molecule is CC(C)NCCC(=O)N1CCC(N2CCCCC2)CC1. The molecule has 0 spiro atoms. The van der Waals surface area contributed by atoms with Gasteiger partial charge in [0.1, 0.15) is 0 Å². The van der Waals surface area contributed by atoms with Crippen molar-refractivity contribution in [3.63, 3.8) is 0 Å². The van der Waals surface area contributed by atoms with E-state index in [1.165, 1.54) is 45.2 Å². The van der Waals surface area contributed by atoms with Crippen LogP contribution in [0.3, 0.4) is 0 Å². The van der Waals surface area contributed by atoms with Crippen molar-refractivity contribution >= 4 is 5.91 Å². The Balaban J connectivity index is 1.66. The van der Waals surface area contributed by atoms with E-state index in [1.807, 2.05) is 0 Å². The Bertz CT molecular complexity index is 292. The Morgan fingerprint density at radius 1 is 1.10 bits per heavy atom. The zero-order valence-corrected chi connectivity index (χ0v) is 13.2. The summed E-state index contributed by atoms with van der Waals surface area (Å²) in [5.41, 5.74) is 0. The van der Waals surface area contributed by atoms with Gasteiger partial charge in [0.25, 0.3) is 0 Å². The third-order valence-electron chi connectivity index (χ3n) is 4.62. The van der Waals surface area contributed by atoms with E-state index >= 15 is 0 Å². The van der Waals surface area contributed by atoms with Gasteiger partial charge in [0.2, 0.25) is 5.91 Å². The third-order valence-corrected chi connectivity index (χ3v) is 4.62. The molecule has 2 aliphatic rings. The predicted molar refractivity (Wildman–Crippen MR) is 82.8 cm³/mol. The first kappa shape index (κ1) is 15.8. The topological polar surface area (TPSA) is 35.6 Å². The van der Waals surface area contributed by atoms with Crippen molar-refractivity contribution < 1.29 is 4.79 Å². The Hall–Kier alpha value is -0.610. The van der Waals surface area contributed by atoms with Crippen molar-refractivity contribution in [1.29, 1.82) is 0 Å². The van der Waals surface area contributed by atoms with Crippen LogP contribution in [0, 0.1) is 0 Å². The van der Waals surface area contributed by atoms with E-state index < -0.39 is 0 Å². The minimum absolute atomic E-state index is 0.329. The number of hydrogen-bond acceptors (Lipinski definition) is 3. The summed E-state index contributed by atoms with van der Waals surface area (Å²) in [5, 5.41) is 3.32. The lowest BCUT2D eigenvalue weighted by atomic mass is 10.00. The molecule has 4 nitrogen and oxygen atoms in total. The van der Waals surface area contributed by atoms with Crippen LogP contribution in [0.5, 0.6) is 0 Å². The van der Waals surface area contributed by atoms with Crippen LogP contribution < -0.4 is 5.32 Å². The van der Waals surface area contributed by atoms with Gasteiger partial charge in [-0.25, -0.2) is 0 Å². The summed E-state index contributed by atoms with van der Waals surface area (Å²) in [5.74, 6) is 0.329. The molecule has 0 aromatic heterocycles. The summed E-state index contributed by atoms with van der Waals surface area (Å²) in [7, 11) is 0. The van der Waals surface area contributed by atoms with Gasteiger partial charge in [0.15, 0.2) is 0 Å². The van der Waals surface area contributed by atoms with Crippen molar-refractivity contribution in [1.82, 2.24) is 15.1 Å². The molecule has 2 heterocycles. The maximum Gasteiger partial charge on any atom is 0.223 e. The highest BCUT2D eigenvalue weighted by atomic mass is 16.2. The monoisotopic (exact) mass is 281 g/mol. The van der Waals surface area contributed by atoms with E-state index in [4.69, 9.17) is 0 Å². The number of nitrogens with zero attached hydrogens (tertiary/aromatic N) is 2. The summed E-state index contributed by atoms with van der Waals surface area (Å²) < 4.78 is 0. The average Bonchev–Trinajstić information content (AvgIpc) is 2.48. The highest BCUT2D eigenvalue weighted by Crippen LogP contribution is 2.21. The van der Waals surface area contributed by atoms with Crippen molar-refractivity contribution in [2.75, 3.05) is 32.7 Å². The van der Waals surface area contributed by atoms with Crippen LogP contribution in [0.1, 0.15) is 52.4 Å². The maximum absolute atomic E-state index is 12.1. The van der Waals surface area contributed by atoms with Crippen LogP contribution in [0.15, 0.2) is 0 Å². The van der Waals surface area contributed by atoms with E-state index in [1.54, 1.807) is 0 Å². The fraction of sp³-hybridized carbons (Fsp3) is 0.938. The first-order valence-corrected chi connectivity index (χ1v) is 8.42. The summed E-state index contributed by atoms with van der Waals surface area (Å²) in [6.45, 7) is 9.52. The molecule has 1 N–H and O–H groups in total. The number of hydrogen-bond donors (Lipinski definition) is 1. The van der Waals surface area contributed by atoms with Crippen molar-refractivity contribution in [3.05, 3.63) is 0 Å². The Labute approximate surface area is 123 Å². The third kappa shape index (κ3) is 4.74. The molecule has 2 aliphatic heterocycles. The van der Waals surface area contributed by atoms with Gasteiger partial charge in [-0.05, 0) is 38.8 Å². The van der Waals surface area contributed by atoms with Gasteiger partial charge in [-0.1, -0.05) is 20.3 Å². The zero-order valence-electron chi connectivity index (χ0n) is 13.2. The molecule has 4 heteroatoms. The summed E-state index contributed by atoms with van der Waals surface area (Å²) in [6, 6.07) is 1.20. The van der Waals surface area contributed by atoms with Gasteiger partial charge in [-0.15, -0.1) is 0 Å². The molecule has 0 atom stereocenters. The quantitative estimate of drug-likeness (QED) is 0.835. The number of carbonyl (C=O) groups excluding carboxylic acids is 1. The van der Waals surface area contributed by atoms with Crippen LogP contribution in [-0.4, -0.2) is 60.5 Å². The molecule has 0 aliphatic carbocycles. The standard InChI is InChI=1S/C16H31N3O/c1-14(2)17-9-6-16(20)19-12-7-15(8-13-19)18-10-4-3-5-11-18/h14-15,17H,3-13H2,1-2H3. The van der Waals surface area contributed by atoms with Crippen LogP contribution in [0.25, 0.3) is 0 Å². The largest absolute Gasteiger partial charge is 0.343 e. The molecule has 0 aromatic carbocycles. The minimum atomic E-state index is 0.329. The predicted octanol–water partition coefficient (Wildman–Crippen LogP) is 1.85. The van der Waals surface area contributed by atoms with Crippen LogP contribution in [0.4, 0.5) is 0 Å². The molecule has 116 valence electrons. The van der Waals surface area contributed by atoms with Crippen molar-refractivity contribution in [2.45, 2.75) is 64.5 Å². The second-order valence-electron chi connectivity index (χ2n) is 6.57. The zero-order chi connectivity index (χ0) is 14.4. The van der Waals surface area contributed by atoms with Gasteiger partial charge >= 0.3 is 0 Å². The summed E-state index contributed by atoms with van der Waals surface area (Å²) in [6.07, 6.45) is 7.11. The molecular formula is C16H31N3O. The molecule has 0 aromatic rings. The molecule has 2 rings (SSSR count). The first-order chi connectivity index (χ1) is 9.66. The van der Waals surface area contributed by atoms with E-state index in [-0.39, 0.29) is 0 Å². The van der Waals surface area contributed by atoms with E-state index in [9.17, 15) is 4.79 Å².